The first kappa shape index (κ1) is 15.9. The molecule has 122 valence electrons. The summed E-state index contributed by atoms with van der Waals surface area (Å²) in [5, 5.41) is 8.04. The number of benzene rings is 2. The van der Waals surface area contributed by atoms with Crippen molar-refractivity contribution in [1.29, 1.82) is 0 Å². The van der Waals surface area contributed by atoms with Gasteiger partial charge < -0.3 is 4.90 Å². The maximum atomic E-state index is 12.3. The highest BCUT2D eigenvalue weighted by molar-refractivity contribution is 7.92. The molecule has 0 radical (unpaired) electrons. The Morgan fingerprint density at radius 3 is 2.04 bits per heavy atom. The van der Waals surface area contributed by atoms with Crippen molar-refractivity contribution in [2.75, 3.05) is 16.7 Å². The van der Waals surface area contributed by atoms with Gasteiger partial charge in [-0.25, -0.2) is 8.42 Å². The molecule has 3 aromatic rings. The molecule has 0 aliphatic rings. The van der Waals surface area contributed by atoms with E-state index in [0.29, 0.717) is 5.82 Å². The highest BCUT2D eigenvalue weighted by atomic mass is 32.2. The summed E-state index contributed by atoms with van der Waals surface area (Å²) in [5.74, 6) is 0.785. The minimum absolute atomic E-state index is 0.170. The zero-order chi connectivity index (χ0) is 17.0. The molecule has 0 bridgehead atoms. The Kier molecular flexibility index (Phi) is 4.43. The summed E-state index contributed by atoms with van der Waals surface area (Å²) in [6.45, 7) is 0. The molecule has 0 amide bonds. The van der Waals surface area contributed by atoms with Gasteiger partial charge in [-0.05, 0) is 36.4 Å². The summed E-state index contributed by atoms with van der Waals surface area (Å²) in [7, 11) is -1.80. The molecule has 24 heavy (non-hydrogen) atoms. The van der Waals surface area contributed by atoms with Crippen LogP contribution in [0.4, 0.5) is 17.3 Å². The molecular formula is C17H16N4O2S. The Hall–Kier alpha value is -2.93. The van der Waals surface area contributed by atoms with Gasteiger partial charge in [-0.1, -0.05) is 36.4 Å². The van der Waals surface area contributed by atoms with E-state index in [2.05, 4.69) is 14.9 Å². The van der Waals surface area contributed by atoms with Crippen LogP contribution >= 0.6 is 0 Å². The van der Waals surface area contributed by atoms with E-state index in [1.807, 2.05) is 42.3 Å². The van der Waals surface area contributed by atoms with Gasteiger partial charge in [-0.2, -0.15) is 0 Å². The van der Waals surface area contributed by atoms with Gasteiger partial charge in [0.1, 0.15) is 0 Å². The van der Waals surface area contributed by atoms with Crippen molar-refractivity contribution in [3.63, 3.8) is 0 Å². The first-order valence-electron chi connectivity index (χ1n) is 7.27. The third-order valence-electron chi connectivity index (χ3n) is 3.43. The van der Waals surface area contributed by atoms with E-state index < -0.39 is 10.0 Å². The molecule has 0 spiro atoms. The fraction of sp³-hybridized carbons (Fsp3) is 0.0588. The molecule has 0 saturated heterocycles. The molecule has 0 aliphatic carbocycles. The smallest absolute Gasteiger partial charge is 0.263 e. The number of para-hydroxylation sites is 1. The monoisotopic (exact) mass is 340 g/mol. The van der Waals surface area contributed by atoms with Gasteiger partial charge in [0.25, 0.3) is 10.0 Å². The van der Waals surface area contributed by atoms with E-state index in [9.17, 15) is 8.42 Å². The lowest BCUT2D eigenvalue weighted by Crippen LogP contribution is -2.16. The molecule has 1 aromatic heterocycles. The van der Waals surface area contributed by atoms with Crippen molar-refractivity contribution < 1.29 is 8.42 Å². The third-order valence-corrected chi connectivity index (χ3v) is 4.80. The van der Waals surface area contributed by atoms with Crippen LogP contribution in [0.5, 0.6) is 0 Å². The summed E-state index contributed by atoms with van der Waals surface area (Å²) >= 11 is 0. The third kappa shape index (κ3) is 3.52. The van der Waals surface area contributed by atoms with E-state index in [1.54, 1.807) is 30.3 Å². The number of anilines is 3. The van der Waals surface area contributed by atoms with Gasteiger partial charge in [0.05, 0.1) is 4.90 Å². The van der Waals surface area contributed by atoms with Crippen LogP contribution in [-0.2, 0) is 10.0 Å². The Bertz CT molecular complexity index is 898. The van der Waals surface area contributed by atoms with Gasteiger partial charge in [0.15, 0.2) is 11.6 Å². The van der Waals surface area contributed by atoms with Crippen molar-refractivity contribution in [2.45, 2.75) is 4.90 Å². The largest absolute Gasteiger partial charge is 0.328 e. The maximum Gasteiger partial charge on any atom is 0.263 e. The van der Waals surface area contributed by atoms with E-state index in [1.165, 1.54) is 12.1 Å². The number of nitrogens with zero attached hydrogens (tertiary/aromatic N) is 3. The highest BCUT2D eigenvalue weighted by Crippen LogP contribution is 2.21. The SMILES string of the molecule is CN(c1ccccc1)c1ccc(NS(=O)(=O)c2ccccc2)nn1. The highest BCUT2D eigenvalue weighted by Gasteiger charge is 2.15. The first-order chi connectivity index (χ1) is 11.6. The lowest BCUT2D eigenvalue weighted by molar-refractivity contribution is 0.601. The number of sulfonamides is 1. The molecule has 7 heteroatoms. The van der Waals surface area contributed by atoms with Crippen LogP contribution in [0.15, 0.2) is 77.7 Å². The zero-order valence-corrected chi connectivity index (χ0v) is 13.8. The average Bonchev–Trinajstić information content (AvgIpc) is 2.63. The summed E-state index contributed by atoms with van der Waals surface area (Å²) in [6, 6.07) is 21.1. The van der Waals surface area contributed by atoms with Crippen molar-refractivity contribution in [3.8, 4) is 0 Å². The van der Waals surface area contributed by atoms with Crippen molar-refractivity contribution in [2.24, 2.45) is 0 Å². The van der Waals surface area contributed by atoms with Gasteiger partial charge in [-0.3, -0.25) is 4.72 Å². The van der Waals surface area contributed by atoms with Crippen LogP contribution < -0.4 is 9.62 Å². The van der Waals surface area contributed by atoms with Gasteiger partial charge in [-0.15, -0.1) is 10.2 Å². The van der Waals surface area contributed by atoms with E-state index in [0.717, 1.165) is 5.69 Å². The number of nitrogens with one attached hydrogen (secondary N) is 1. The lowest BCUT2D eigenvalue weighted by Gasteiger charge is -2.17. The predicted octanol–water partition coefficient (Wildman–Crippen LogP) is 3.05. The van der Waals surface area contributed by atoms with E-state index in [-0.39, 0.29) is 10.7 Å². The van der Waals surface area contributed by atoms with Crippen molar-refractivity contribution in [3.05, 3.63) is 72.8 Å². The number of aromatic nitrogens is 2. The van der Waals surface area contributed by atoms with Crippen LogP contribution in [-0.4, -0.2) is 25.7 Å². The zero-order valence-electron chi connectivity index (χ0n) is 13.0. The second-order valence-electron chi connectivity index (χ2n) is 5.09. The molecule has 3 rings (SSSR count). The minimum atomic E-state index is -3.66. The maximum absolute atomic E-state index is 12.3. The van der Waals surface area contributed by atoms with Crippen molar-refractivity contribution in [1.82, 2.24) is 10.2 Å². The Balaban J connectivity index is 1.78. The Morgan fingerprint density at radius 1 is 0.833 bits per heavy atom. The van der Waals surface area contributed by atoms with Crippen LogP contribution in [0.3, 0.4) is 0 Å². The fourth-order valence-corrected chi connectivity index (χ4v) is 3.16. The molecule has 0 atom stereocenters. The van der Waals surface area contributed by atoms with Crippen LogP contribution in [0.25, 0.3) is 0 Å². The molecule has 6 nitrogen and oxygen atoms in total. The number of rotatable bonds is 5. The van der Waals surface area contributed by atoms with Crippen molar-refractivity contribution >= 4 is 27.3 Å². The molecule has 1 N–H and O–H groups in total. The number of hydrogen-bond donors (Lipinski definition) is 1. The van der Waals surface area contributed by atoms with Crippen LogP contribution in [0.2, 0.25) is 0 Å². The predicted molar refractivity (Wildman–Crippen MR) is 93.8 cm³/mol. The second-order valence-corrected chi connectivity index (χ2v) is 6.77. The molecular weight excluding hydrogens is 324 g/mol. The summed E-state index contributed by atoms with van der Waals surface area (Å²) in [5.41, 5.74) is 0.962. The lowest BCUT2D eigenvalue weighted by atomic mass is 10.3. The molecule has 1 heterocycles. The molecule has 0 unspecified atom stereocenters. The molecule has 0 aliphatic heterocycles. The fourth-order valence-electron chi connectivity index (χ4n) is 2.14. The summed E-state index contributed by atoms with van der Waals surface area (Å²) < 4.78 is 26.9. The first-order valence-corrected chi connectivity index (χ1v) is 8.75. The Labute approximate surface area is 140 Å². The normalized spacial score (nSPS) is 11.0. The van der Waals surface area contributed by atoms with Gasteiger partial charge >= 0.3 is 0 Å². The molecule has 0 saturated carbocycles. The quantitative estimate of drug-likeness (QED) is 0.772. The number of hydrogen-bond acceptors (Lipinski definition) is 5. The standard InChI is InChI=1S/C17H16N4O2S/c1-21(14-8-4-2-5-9-14)17-13-12-16(18-19-17)20-24(22,23)15-10-6-3-7-11-15/h2-13H,1H3,(H,18,20). The topological polar surface area (TPSA) is 75.2 Å². The minimum Gasteiger partial charge on any atom is -0.328 e. The Morgan fingerprint density at radius 2 is 1.46 bits per heavy atom. The van der Waals surface area contributed by atoms with Crippen LogP contribution in [0, 0.1) is 0 Å². The molecule has 2 aromatic carbocycles. The van der Waals surface area contributed by atoms with Gasteiger partial charge in [0, 0.05) is 12.7 Å². The average molecular weight is 340 g/mol. The van der Waals surface area contributed by atoms with E-state index in [4.69, 9.17) is 0 Å². The summed E-state index contributed by atoms with van der Waals surface area (Å²) in [4.78, 5) is 2.04. The van der Waals surface area contributed by atoms with E-state index >= 15 is 0 Å². The van der Waals surface area contributed by atoms with Crippen LogP contribution in [0.1, 0.15) is 0 Å². The molecule has 0 fully saturated rings. The summed E-state index contributed by atoms with van der Waals surface area (Å²) in [6.07, 6.45) is 0. The second kappa shape index (κ2) is 6.67. The van der Waals surface area contributed by atoms with Gasteiger partial charge in [0.2, 0.25) is 0 Å².